The van der Waals surface area contributed by atoms with Crippen LogP contribution in [-0.2, 0) is 14.8 Å². The molecule has 116 valence electrons. The van der Waals surface area contributed by atoms with E-state index in [-0.39, 0.29) is 11.9 Å². The van der Waals surface area contributed by atoms with Crippen LogP contribution < -0.4 is 0 Å². The fourth-order valence-corrected chi connectivity index (χ4v) is 3.78. The van der Waals surface area contributed by atoms with Gasteiger partial charge in [0.15, 0.2) is 0 Å². The van der Waals surface area contributed by atoms with Gasteiger partial charge in [0.1, 0.15) is 0 Å². The van der Waals surface area contributed by atoms with E-state index in [4.69, 9.17) is 0 Å². The van der Waals surface area contributed by atoms with Gasteiger partial charge in [-0.05, 0) is 26.2 Å². The van der Waals surface area contributed by atoms with E-state index >= 15 is 0 Å². The molecule has 6 nitrogen and oxygen atoms in total. The normalized spacial score (nSPS) is 24.6. The minimum absolute atomic E-state index is 0.144. The Balaban J connectivity index is 1.87. The van der Waals surface area contributed by atoms with E-state index in [9.17, 15) is 13.2 Å². The van der Waals surface area contributed by atoms with Crippen molar-refractivity contribution in [1.29, 1.82) is 0 Å². The van der Waals surface area contributed by atoms with Crippen molar-refractivity contribution < 1.29 is 13.2 Å². The Bertz CT molecular complexity index is 438. The van der Waals surface area contributed by atoms with Crippen molar-refractivity contribution in [2.75, 3.05) is 45.5 Å². The van der Waals surface area contributed by atoms with Crippen molar-refractivity contribution >= 4 is 15.9 Å². The smallest absolute Gasteiger partial charge is 0.239 e. The predicted octanol–water partition coefficient (Wildman–Crippen LogP) is -0.0354. The number of amides is 1. The molecule has 2 heterocycles. The summed E-state index contributed by atoms with van der Waals surface area (Å²) in [5.74, 6) is 0.192. The first-order chi connectivity index (χ1) is 9.39. The van der Waals surface area contributed by atoms with Gasteiger partial charge in [-0.15, -0.1) is 0 Å². The van der Waals surface area contributed by atoms with E-state index in [1.807, 2.05) is 11.8 Å². The molecule has 7 heteroatoms. The van der Waals surface area contributed by atoms with Gasteiger partial charge < -0.3 is 4.90 Å². The second-order valence-corrected chi connectivity index (χ2v) is 7.74. The quantitative estimate of drug-likeness (QED) is 0.734. The van der Waals surface area contributed by atoms with Gasteiger partial charge >= 0.3 is 0 Å². The standard InChI is InChI=1S/C13H25N3O3S/c1-12(13(17)15-6-4-3-5-7-15)14-8-10-16(11-9-14)20(2,18)19/h12H,3-11H2,1-2H3. The first kappa shape index (κ1) is 15.7. The summed E-state index contributed by atoms with van der Waals surface area (Å²) in [6.07, 6.45) is 4.65. The molecule has 2 fully saturated rings. The number of sulfonamides is 1. The number of hydrogen-bond acceptors (Lipinski definition) is 4. The SMILES string of the molecule is CC(C(=O)N1CCCCC1)N1CCN(S(C)(=O)=O)CC1. The third-order valence-electron chi connectivity index (χ3n) is 4.32. The Kier molecular flexibility index (Phi) is 5.04. The zero-order valence-corrected chi connectivity index (χ0v) is 13.2. The fourth-order valence-electron chi connectivity index (χ4n) is 2.96. The van der Waals surface area contributed by atoms with E-state index in [2.05, 4.69) is 4.90 Å². The van der Waals surface area contributed by atoms with Crippen molar-refractivity contribution in [2.24, 2.45) is 0 Å². The highest BCUT2D eigenvalue weighted by atomic mass is 32.2. The second-order valence-electron chi connectivity index (χ2n) is 5.76. The lowest BCUT2D eigenvalue weighted by Crippen LogP contribution is -2.55. The van der Waals surface area contributed by atoms with Crippen molar-refractivity contribution in [3.8, 4) is 0 Å². The minimum Gasteiger partial charge on any atom is -0.341 e. The lowest BCUT2D eigenvalue weighted by molar-refractivity contribution is -0.137. The number of nitrogens with zero attached hydrogens (tertiary/aromatic N) is 3. The number of hydrogen-bond donors (Lipinski definition) is 0. The van der Waals surface area contributed by atoms with Crippen LogP contribution in [0.1, 0.15) is 26.2 Å². The number of piperazine rings is 1. The summed E-state index contributed by atoms with van der Waals surface area (Å²) in [4.78, 5) is 16.5. The van der Waals surface area contributed by atoms with E-state index in [1.54, 1.807) is 0 Å². The van der Waals surface area contributed by atoms with Gasteiger partial charge in [0.25, 0.3) is 0 Å². The first-order valence-electron chi connectivity index (χ1n) is 7.37. The highest BCUT2D eigenvalue weighted by Crippen LogP contribution is 2.14. The van der Waals surface area contributed by atoms with Crippen molar-refractivity contribution in [3.63, 3.8) is 0 Å². The molecule has 0 N–H and O–H groups in total. The maximum Gasteiger partial charge on any atom is 0.239 e. The van der Waals surface area contributed by atoms with Crippen LogP contribution in [0, 0.1) is 0 Å². The Hall–Kier alpha value is -0.660. The molecule has 0 aliphatic carbocycles. The van der Waals surface area contributed by atoms with Gasteiger partial charge in [-0.3, -0.25) is 9.69 Å². The first-order valence-corrected chi connectivity index (χ1v) is 9.22. The highest BCUT2D eigenvalue weighted by Gasteiger charge is 2.31. The Morgan fingerprint density at radius 2 is 1.50 bits per heavy atom. The molecule has 1 atom stereocenters. The third-order valence-corrected chi connectivity index (χ3v) is 5.62. The minimum atomic E-state index is -3.10. The molecule has 1 unspecified atom stereocenters. The molecule has 0 spiro atoms. The van der Waals surface area contributed by atoms with E-state index in [0.29, 0.717) is 26.2 Å². The summed E-state index contributed by atoms with van der Waals surface area (Å²) >= 11 is 0. The molecule has 0 bridgehead atoms. The van der Waals surface area contributed by atoms with Crippen LogP contribution in [0.3, 0.4) is 0 Å². The molecule has 0 aromatic heterocycles. The van der Waals surface area contributed by atoms with Crippen LogP contribution in [0.5, 0.6) is 0 Å². The van der Waals surface area contributed by atoms with Crippen LogP contribution in [0.15, 0.2) is 0 Å². The summed E-state index contributed by atoms with van der Waals surface area (Å²) in [6.45, 7) is 5.90. The zero-order chi connectivity index (χ0) is 14.8. The highest BCUT2D eigenvalue weighted by molar-refractivity contribution is 7.88. The molecule has 20 heavy (non-hydrogen) atoms. The number of rotatable bonds is 3. The molecule has 0 radical (unpaired) electrons. The molecule has 0 aromatic rings. The Morgan fingerprint density at radius 3 is 2.00 bits per heavy atom. The summed E-state index contributed by atoms with van der Waals surface area (Å²) in [7, 11) is -3.10. The number of piperidine rings is 1. The molecule has 0 aromatic carbocycles. The Labute approximate surface area is 121 Å². The Morgan fingerprint density at radius 1 is 0.950 bits per heavy atom. The van der Waals surface area contributed by atoms with Gasteiger partial charge in [-0.2, -0.15) is 4.31 Å². The van der Waals surface area contributed by atoms with E-state index in [1.165, 1.54) is 17.0 Å². The maximum atomic E-state index is 12.4. The number of carbonyl (C=O) groups excluding carboxylic acids is 1. The second kappa shape index (κ2) is 6.41. The molecule has 2 aliphatic rings. The topological polar surface area (TPSA) is 60.9 Å². The number of carbonyl (C=O) groups is 1. The lowest BCUT2D eigenvalue weighted by atomic mass is 10.1. The van der Waals surface area contributed by atoms with Crippen molar-refractivity contribution in [3.05, 3.63) is 0 Å². The molecule has 1 amide bonds. The molecular weight excluding hydrogens is 278 g/mol. The largest absolute Gasteiger partial charge is 0.341 e. The predicted molar refractivity (Wildman–Crippen MR) is 77.9 cm³/mol. The average Bonchev–Trinajstić information content (AvgIpc) is 2.46. The molecule has 2 saturated heterocycles. The molecule has 2 rings (SSSR count). The van der Waals surface area contributed by atoms with Gasteiger partial charge in [0.2, 0.25) is 15.9 Å². The van der Waals surface area contributed by atoms with Crippen LogP contribution in [-0.4, -0.2) is 80.0 Å². The van der Waals surface area contributed by atoms with Gasteiger partial charge in [0.05, 0.1) is 12.3 Å². The van der Waals surface area contributed by atoms with Crippen LogP contribution in [0.4, 0.5) is 0 Å². The lowest BCUT2D eigenvalue weighted by Gasteiger charge is -2.38. The maximum absolute atomic E-state index is 12.4. The van der Waals surface area contributed by atoms with Gasteiger partial charge in [0, 0.05) is 39.3 Å². The zero-order valence-electron chi connectivity index (χ0n) is 12.4. The van der Waals surface area contributed by atoms with Crippen LogP contribution in [0.25, 0.3) is 0 Å². The number of likely N-dealkylation sites (tertiary alicyclic amines) is 1. The summed E-state index contributed by atoms with van der Waals surface area (Å²) in [5, 5.41) is 0. The third kappa shape index (κ3) is 3.71. The van der Waals surface area contributed by atoms with Crippen LogP contribution in [0.2, 0.25) is 0 Å². The summed E-state index contributed by atoms with van der Waals surface area (Å²) < 4.78 is 24.4. The van der Waals surface area contributed by atoms with Gasteiger partial charge in [-0.25, -0.2) is 8.42 Å². The van der Waals surface area contributed by atoms with Crippen molar-refractivity contribution in [1.82, 2.24) is 14.1 Å². The van der Waals surface area contributed by atoms with E-state index in [0.717, 1.165) is 25.9 Å². The monoisotopic (exact) mass is 303 g/mol. The molecule has 2 aliphatic heterocycles. The van der Waals surface area contributed by atoms with E-state index < -0.39 is 10.0 Å². The molecule has 0 saturated carbocycles. The van der Waals surface area contributed by atoms with Crippen LogP contribution >= 0.6 is 0 Å². The summed E-state index contributed by atoms with van der Waals surface area (Å²) in [6, 6.07) is -0.144. The molecular formula is C13H25N3O3S. The summed E-state index contributed by atoms with van der Waals surface area (Å²) in [5.41, 5.74) is 0. The van der Waals surface area contributed by atoms with Gasteiger partial charge in [-0.1, -0.05) is 0 Å². The average molecular weight is 303 g/mol. The van der Waals surface area contributed by atoms with Crippen molar-refractivity contribution in [2.45, 2.75) is 32.2 Å². The fraction of sp³-hybridized carbons (Fsp3) is 0.923.